The molecule has 0 amide bonds. The molecule has 0 aliphatic heterocycles. The Morgan fingerprint density at radius 2 is 1.17 bits per heavy atom. The van der Waals surface area contributed by atoms with Gasteiger partial charge in [0.1, 0.15) is 0 Å². The summed E-state index contributed by atoms with van der Waals surface area (Å²) in [5.74, 6) is -1.36. The third-order valence-corrected chi connectivity index (χ3v) is 4.72. The van der Waals surface area contributed by atoms with E-state index in [2.05, 4.69) is 6.92 Å². The Hall–Kier alpha value is -1.06. The fraction of sp³-hybridized carbons (Fsp3) is 0.895. The summed E-state index contributed by atoms with van der Waals surface area (Å²) in [4.78, 5) is 21.9. The first-order valence-corrected chi connectivity index (χ1v) is 9.37. The van der Waals surface area contributed by atoms with Crippen LogP contribution in [-0.2, 0) is 9.59 Å². The second-order valence-electron chi connectivity index (χ2n) is 7.05. The Bertz CT molecular complexity index is 327. The van der Waals surface area contributed by atoms with Crippen molar-refractivity contribution >= 4 is 11.9 Å². The first-order chi connectivity index (χ1) is 10.9. The van der Waals surface area contributed by atoms with Gasteiger partial charge in [-0.3, -0.25) is 9.59 Å². The number of hydrogen-bond donors (Lipinski definition) is 2. The molecule has 0 saturated heterocycles. The quantitative estimate of drug-likeness (QED) is 0.359. The summed E-state index contributed by atoms with van der Waals surface area (Å²) in [5.41, 5.74) is -0.560. The number of carboxylic acid groups (broad SMARTS) is 2. The lowest BCUT2D eigenvalue weighted by Crippen LogP contribution is -2.27. The van der Waals surface area contributed by atoms with Gasteiger partial charge in [0.2, 0.25) is 0 Å². The molecule has 136 valence electrons. The van der Waals surface area contributed by atoms with E-state index in [9.17, 15) is 14.7 Å². The molecular formula is C19H36O4. The zero-order valence-electron chi connectivity index (χ0n) is 15.1. The minimum absolute atomic E-state index is 0.273. The Labute approximate surface area is 141 Å². The van der Waals surface area contributed by atoms with Gasteiger partial charge in [-0.1, -0.05) is 71.1 Å². The lowest BCUT2D eigenvalue weighted by molar-refractivity contribution is -0.149. The lowest BCUT2D eigenvalue weighted by atomic mass is 9.80. The number of carbonyl (C=O) groups is 2. The van der Waals surface area contributed by atoms with Gasteiger partial charge in [0.25, 0.3) is 0 Å². The van der Waals surface area contributed by atoms with Crippen LogP contribution in [-0.4, -0.2) is 22.2 Å². The van der Waals surface area contributed by atoms with Gasteiger partial charge in [0.15, 0.2) is 0 Å². The summed E-state index contributed by atoms with van der Waals surface area (Å²) in [6, 6.07) is 0. The average Bonchev–Trinajstić information content (AvgIpc) is 2.49. The Morgan fingerprint density at radius 3 is 1.61 bits per heavy atom. The highest BCUT2D eigenvalue weighted by molar-refractivity contribution is 5.74. The standard InChI is InChI=1S/C19H36O4/c1-3-4-5-12-15-19(2,18(22)23)16-13-10-8-6-7-9-11-14-17(20)21/h3-16H2,1-2H3,(H,20,21)(H,22,23). The molecule has 0 aliphatic carbocycles. The van der Waals surface area contributed by atoms with Crippen LogP contribution < -0.4 is 0 Å². The second kappa shape index (κ2) is 13.4. The van der Waals surface area contributed by atoms with Crippen molar-refractivity contribution in [2.75, 3.05) is 0 Å². The van der Waals surface area contributed by atoms with Crippen molar-refractivity contribution in [3.05, 3.63) is 0 Å². The number of unbranched alkanes of at least 4 members (excludes halogenated alkanes) is 9. The molecule has 2 N–H and O–H groups in total. The molecule has 23 heavy (non-hydrogen) atoms. The van der Waals surface area contributed by atoms with Gasteiger partial charge in [0.05, 0.1) is 5.41 Å². The van der Waals surface area contributed by atoms with Crippen LogP contribution >= 0.6 is 0 Å². The topological polar surface area (TPSA) is 74.6 Å². The molecule has 4 nitrogen and oxygen atoms in total. The zero-order valence-corrected chi connectivity index (χ0v) is 15.1. The van der Waals surface area contributed by atoms with Gasteiger partial charge >= 0.3 is 11.9 Å². The molecule has 0 aromatic carbocycles. The first-order valence-electron chi connectivity index (χ1n) is 9.37. The monoisotopic (exact) mass is 328 g/mol. The SMILES string of the molecule is CCCCCCC(C)(CCCCCCCCCC(=O)O)C(=O)O. The number of hydrogen-bond acceptors (Lipinski definition) is 2. The summed E-state index contributed by atoms with van der Waals surface area (Å²) < 4.78 is 0. The van der Waals surface area contributed by atoms with Crippen molar-refractivity contribution in [2.45, 2.75) is 104 Å². The summed E-state index contributed by atoms with van der Waals surface area (Å²) in [6.45, 7) is 4.06. The van der Waals surface area contributed by atoms with Crippen molar-refractivity contribution < 1.29 is 19.8 Å². The maximum absolute atomic E-state index is 11.5. The van der Waals surface area contributed by atoms with Gasteiger partial charge in [-0.15, -0.1) is 0 Å². The van der Waals surface area contributed by atoms with Crippen LogP contribution in [0.15, 0.2) is 0 Å². The first kappa shape index (κ1) is 21.9. The van der Waals surface area contributed by atoms with Crippen molar-refractivity contribution in [3.63, 3.8) is 0 Å². The zero-order chi connectivity index (χ0) is 17.6. The summed E-state index contributed by atoms with van der Waals surface area (Å²) >= 11 is 0. The van der Waals surface area contributed by atoms with Gasteiger partial charge in [0, 0.05) is 6.42 Å². The number of carboxylic acids is 2. The number of rotatable bonds is 16. The lowest BCUT2D eigenvalue weighted by Gasteiger charge is -2.24. The van der Waals surface area contributed by atoms with E-state index in [1.807, 2.05) is 6.92 Å². The molecule has 1 atom stereocenters. The maximum Gasteiger partial charge on any atom is 0.309 e. The minimum Gasteiger partial charge on any atom is -0.481 e. The highest BCUT2D eigenvalue weighted by Crippen LogP contribution is 2.31. The van der Waals surface area contributed by atoms with E-state index in [4.69, 9.17) is 5.11 Å². The highest BCUT2D eigenvalue weighted by atomic mass is 16.4. The molecule has 4 heteroatoms. The van der Waals surface area contributed by atoms with Gasteiger partial charge in [-0.25, -0.2) is 0 Å². The van der Waals surface area contributed by atoms with Crippen molar-refractivity contribution in [1.82, 2.24) is 0 Å². The van der Waals surface area contributed by atoms with E-state index in [0.29, 0.717) is 0 Å². The average molecular weight is 328 g/mol. The predicted octanol–water partition coefficient (Wildman–Crippen LogP) is 5.64. The van der Waals surface area contributed by atoms with Crippen molar-refractivity contribution in [1.29, 1.82) is 0 Å². The van der Waals surface area contributed by atoms with Crippen LogP contribution in [0.3, 0.4) is 0 Å². The van der Waals surface area contributed by atoms with E-state index in [1.54, 1.807) is 0 Å². The predicted molar refractivity (Wildman–Crippen MR) is 93.7 cm³/mol. The molecule has 0 aliphatic rings. The largest absolute Gasteiger partial charge is 0.481 e. The molecule has 0 rings (SSSR count). The Morgan fingerprint density at radius 1 is 0.739 bits per heavy atom. The molecule has 1 unspecified atom stereocenters. The minimum atomic E-state index is -0.711. The maximum atomic E-state index is 11.5. The van der Waals surface area contributed by atoms with Crippen LogP contribution in [0, 0.1) is 5.41 Å². The van der Waals surface area contributed by atoms with Crippen molar-refractivity contribution in [3.8, 4) is 0 Å². The molecular weight excluding hydrogens is 292 g/mol. The van der Waals surface area contributed by atoms with Gasteiger partial charge < -0.3 is 10.2 Å². The molecule has 0 radical (unpaired) electrons. The third-order valence-electron chi connectivity index (χ3n) is 4.72. The van der Waals surface area contributed by atoms with Crippen LogP contribution in [0.25, 0.3) is 0 Å². The Balaban J connectivity index is 3.71. The summed E-state index contributed by atoms with van der Waals surface area (Å²) in [7, 11) is 0. The molecule has 0 saturated carbocycles. The van der Waals surface area contributed by atoms with Crippen LogP contribution in [0.2, 0.25) is 0 Å². The number of aliphatic carboxylic acids is 2. The highest BCUT2D eigenvalue weighted by Gasteiger charge is 2.31. The third kappa shape index (κ3) is 12.1. The van der Waals surface area contributed by atoms with Gasteiger partial charge in [-0.05, 0) is 26.2 Å². The van der Waals surface area contributed by atoms with E-state index < -0.39 is 17.4 Å². The van der Waals surface area contributed by atoms with Crippen LogP contribution in [0.4, 0.5) is 0 Å². The van der Waals surface area contributed by atoms with Gasteiger partial charge in [-0.2, -0.15) is 0 Å². The summed E-state index contributed by atoms with van der Waals surface area (Å²) in [6.07, 6.45) is 13.5. The van der Waals surface area contributed by atoms with E-state index in [-0.39, 0.29) is 6.42 Å². The molecule has 0 spiro atoms. The molecule has 0 aromatic heterocycles. The summed E-state index contributed by atoms with van der Waals surface area (Å²) in [5, 5.41) is 18.0. The van der Waals surface area contributed by atoms with Crippen molar-refractivity contribution in [2.24, 2.45) is 5.41 Å². The van der Waals surface area contributed by atoms with Crippen LogP contribution in [0.1, 0.15) is 104 Å². The fourth-order valence-corrected chi connectivity index (χ4v) is 2.96. The molecule has 0 heterocycles. The normalized spacial score (nSPS) is 13.7. The molecule has 0 bridgehead atoms. The van der Waals surface area contributed by atoms with E-state index >= 15 is 0 Å². The Kier molecular flexibility index (Phi) is 12.8. The molecule has 0 aromatic rings. The molecule has 0 fully saturated rings. The fourth-order valence-electron chi connectivity index (χ4n) is 2.96. The van der Waals surface area contributed by atoms with Crippen LogP contribution in [0.5, 0.6) is 0 Å². The smallest absolute Gasteiger partial charge is 0.309 e. The second-order valence-corrected chi connectivity index (χ2v) is 7.05. The van der Waals surface area contributed by atoms with E-state index in [0.717, 1.165) is 70.6 Å². The van der Waals surface area contributed by atoms with E-state index in [1.165, 1.54) is 12.8 Å².